The Morgan fingerprint density at radius 2 is 2.05 bits per heavy atom. The van der Waals surface area contributed by atoms with Crippen LogP contribution in [-0.4, -0.2) is 74.5 Å². The lowest BCUT2D eigenvalue weighted by molar-refractivity contribution is -0.136. The van der Waals surface area contributed by atoms with Crippen molar-refractivity contribution in [2.45, 2.75) is 19.3 Å². The number of carbonyl (C=O) groups is 2. The van der Waals surface area contributed by atoms with Gasteiger partial charge in [0.25, 0.3) is 0 Å². The van der Waals surface area contributed by atoms with Gasteiger partial charge in [-0.05, 0) is 32.4 Å². The van der Waals surface area contributed by atoms with Crippen LogP contribution in [0.5, 0.6) is 0 Å². The smallest absolute Gasteiger partial charge is 0.236 e. The van der Waals surface area contributed by atoms with Gasteiger partial charge in [-0.1, -0.05) is 0 Å². The molecule has 2 N–H and O–H groups in total. The van der Waals surface area contributed by atoms with Crippen molar-refractivity contribution in [2.75, 3.05) is 52.9 Å². The second-order valence-electron chi connectivity index (χ2n) is 5.67. The molecular weight excluding hydrogens is 256 g/mol. The molecule has 0 bridgehead atoms. The number of nitrogens with zero attached hydrogens (tertiary/aromatic N) is 2. The van der Waals surface area contributed by atoms with E-state index in [1.54, 1.807) is 7.05 Å². The summed E-state index contributed by atoms with van der Waals surface area (Å²) in [7, 11) is 1.66. The predicted octanol–water partition coefficient (Wildman–Crippen LogP) is -0.734. The summed E-state index contributed by atoms with van der Waals surface area (Å²) in [6.07, 6.45) is 2.90. The summed E-state index contributed by atoms with van der Waals surface area (Å²) in [5.41, 5.74) is 0. The van der Waals surface area contributed by atoms with Gasteiger partial charge in [-0.25, -0.2) is 0 Å². The Labute approximate surface area is 120 Å². The molecule has 2 saturated heterocycles. The summed E-state index contributed by atoms with van der Waals surface area (Å²) >= 11 is 0. The topological polar surface area (TPSA) is 64.7 Å². The van der Waals surface area contributed by atoms with Crippen LogP contribution in [-0.2, 0) is 9.59 Å². The van der Waals surface area contributed by atoms with Crippen molar-refractivity contribution in [3.05, 3.63) is 0 Å². The molecule has 0 aromatic rings. The first-order valence-electron chi connectivity index (χ1n) is 7.63. The van der Waals surface area contributed by atoms with E-state index in [9.17, 15) is 9.59 Å². The van der Waals surface area contributed by atoms with Gasteiger partial charge in [-0.2, -0.15) is 0 Å². The lowest BCUT2D eigenvalue weighted by Gasteiger charge is -2.33. The molecule has 0 spiro atoms. The van der Waals surface area contributed by atoms with Crippen molar-refractivity contribution in [2.24, 2.45) is 5.92 Å². The third-order valence-corrected chi connectivity index (χ3v) is 4.18. The predicted molar refractivity (Wildman–Crippen MR) is 77.3 cm³/mol. The van der Waals surface area contributed by atoms with Crippen molar-refractivity contribution in [3.8, 4) is 0 Å². The number of hydrogen-bond acceptors (Lipinski definition) is 4. The third-order valence-electron chi connectivity index (χ3n) is 4.18. The second kappa shape index (κ2) is 7.59. The largest absolute Gasteiger partial charge is 0.359 e. The lowest BCUT2D eigenvalue weighted by atomic mass is 9.97. The number of rotatable bonds is 3. The molecule has 6 heteroatoms. The number of nitrogens with one attached hydrogen (secondary N) is 2. The summed E-state index contributed by atoms with van der Waals surface area (Å²) in [5.74, 6) is 0.186. The molecule has 2 aliphatic heterocycles. The van der Waals surface area contributed by atoms with Gasteiger partial charge in [0, 0.05) is 33.2 Å². The van der Waals surface area contributed by atoms with E-state index in [2.05, 4.69) is 15.5 Å². The SMILES string of the molecule is CNC(=O)C1CCCN(C(=O)CN2CCCNCC2)C1. The van der Waals surface area contributed by atoms with Crippen LogP contribution in [0.25, 0.3) is 0 Å². The molecule has 0 radical (unpaired) electrons. The fraction of sp³-hybridized carbons (Fsp3) is 0.857. The van der Waals surface area contributed by atoms with Crippen LogP contribution >= 0.6 is 0 Å². The van der Waals surface area contributed by atoms with E-state index in [1.165, 1.54) is 0 Å². The van der Waals surface area contributed by atoms with Gasteiger partial charge in [-0.15, -0.1) is 0 Å². The fourth-order valence-corrected chi connectivity index (χ4v) is 2.97. The van der Waals surface area contributed by atoms with Crippen molar-refractivity contribution in [1.29, 1.82) is 0 Å². The molecule has 0 aromatic carbocycles. The van der Waals surface area contributed by atoms with Crippen LogP contribution in [0.1, 0.15) is 19.3 Å². The number of carbonyl (C=O) groups excluding carboxylic acids is 2. The molecule has 2 aliphatic rings. The Bertz CT molecular complexity index is 340. The van der Waals surface area contributed by atoms with Gasteiger partial charge < -0.3 is 15.5 Å². The van der Waals surface area contributed by atoms with Gasteiger partial charge in [-0.3, -0.25) is 14.5 Å². The Morgan fingerprint density at radius 3 is 2.85 bits per heavy atom. The molecular formula is C14H26N4O2. The van der Waals surface area contributed by atoms with Crippen LogP contribution in [0.15, 0.2) is 0 Å². The highest BCUT2D eigenvalue weighted by Gasteiger charge is 2.28. The van der Waals surface area contributed by atoms with Gasteiger partial charge in [0.1, 0.15) is 0 Å². The van der Waals surface area contributed by atoms with Crippen molar-refractivity contribution >= 4 is 11.8 Å². The minimum Gasteiger partial charge on any atom is -0.359 e. The van der Waals surface area contributed by atoms with Crippen LogP contribution in [0, 0.1) is 5.92 Å². The van der Waals surface area contributed by atoms with Gasteiger partial charge >= 0.3 is 0 Å². The summed E-state index contributed by atoms with van der Waals surface area (Å²) in [5, 5.41) is 6.03. The Balaban J connectivity index is 1.83. The van der Waals surface area contributed by atoms with E-state index < -0.39 is 0 Å². The number of hydrogen-bond donors (Lipinski definition) is 2. The average Bonchev–Trinajstić information content (AvgIpc) is 2.75. The Kier molecular flexibility index (Phi) is 5.79. The van der Waals surface area contributed by atoms with Crippen LogP contribution in [0.3, 0.4) is 0 Å². The molecule has 2 amide bonds. The maximum Gasteiger partial charge on any atom is 0.236 e. The van der Waals surface area contributed by atoms with E-state index >= 15 is 0 Å². The number of amides is 2. The number of likely N-dealkylation sites (tertiary alicyclic amines) is 1. The fourth-order valence-electron chi connectivity index (χ4n) is 2.97. The Hall–Kier alpha value is -1.14. The van der Waals surface area contributed by atoms with Gasteiger partial charge in [0.2, 0.25) is 11.8 Å². The van der Waals surface area contributed by atoms with Crippen molar-refractivity contribution in [1.82, 2.24) is 20.4 Å². The van der Waals surface area contributed by atoms with Gasteiger partial charge in [0.15, 0.2) is 0 Å². The first kappa shape index (κ1) is 15.3. The summed E-state index contributed by atoms with van der Waals surface area (Å²) in [4.78, 5) is 28.1. The van der Waals surface area contributed by atoms with Gasteiger partial charge in [0.05, 0.1) is 12.5 Å². The summed E-state index contributed by atoms with van der Waals surface area (Å²) in [6, 6.07) is 0. The zero-order valence-electron chi connectivity index (χ0n) is 12.4. The van der Waals surface area contributed by atoms with Crippen molar-refractivity contribution < 1.29 is 9.59 Å². The minimum absolute atomic E-state index is 0.0384. The monoisotopic (exact) mass is 282 g/mol. The molecule has 1 atom stereocenters. The lowest BCUT2D eigenvalue weighted by Crippen LogP contribution is -2.48. The first-order valence-corrected chi connectivity index (χ1v) is 7.63. The zero-order chi connectivity index (χ0) is 14.4. The molecule has 2 rings (SSSR count). The Morgan fingerprint density at radius 1 is 1.20 bits per heavy atom. The maximum absolute atomic E-state index is 12.4. The molecule has 0 aliphatic carbocycles. The highest BCUT2D eigenvalue weighted by molar-refractivity contribution is 5.82. The normalized spacial score (nSPS) is 25.1. The molecule has 2 heterocycles. The van der Waals surface area contributed by atoms with Crippen LogP contribution in [0.4, 0.5) is 0 Å². The summed E-state index contributed by atoms with van der Waals surface area (Å²) < 4.78 is 0. The maximum atomic E-state index is 12.4. The second-order valence-corrected chi connectivity index (χ2v) is 5.67. The van der Waals surface area contributed by atoms with Crippen molar-refractivity contribution in [3.63, 3.8) is 0 Å². The highest BCUT2D eigenvalue weighted by atomic mass is 16.2. The molecule has 0 saturated carbocycles. The zero-order valence-corrected chi connectivity index (χ0v) is 12.4. The van der Waals surface area contributed by atoms with E-state index in [4.69, 9.17) is 0 Å². The molecule has 20 heavy (non-hydrogen) atoms. The highest BCUT2D eigenvalue weighted by Crippen LogP contribution is 2.17. The molecule has 1 unspecified atom stereocenters. The minimum atomic E-state index is -0.0384. The number of piperidine rings is 1. The van der Waals surface area contributed by atoms with E-state index in [0.717, 1.165) is 52.0 Å². The van der Waals surface area contributed by atoms with E-state index in [0.29, 0.717) is 13.1 Å². The average molecular weight is 282 g/mol. The summed E-state index contributed by atoms with van der Waals surface area (Å²) in [6.45, 7) is 5.75. The standard InChI is InChI=1S/C14H26N4O2/c1-15-14(20)12-4-2-8-18(10-12)13(19)11-17-7-3-5-16-6-9-17/h12,16H,2-11H2,1H3,(H,15,20). The quantitative estimate of drug-likeness (QED) is 0.716. The van der Waals surface area contributed by atoms with E-state index in [1.807, 2.05) is 4.90 Å². The van der Waals surface area contributed by atoms with Crippen LogP contribution < -0.4 is 10.6 Å². The molecule has 6 nitrogen and oxygen atoms in total. The molecule has 2 fully saturated rings. The van der Waals surface area contributed by atoms with Crippen LogP contribution in [0.2, 0.25) is 0 Å². The molecule has 114 valence electrons. The molecule has 0 aromatic heterocycles. The van der Waals surface area contributed by atoms with E-state index in [-0.39, 0.29) is 17.7 Å². The third kappa shape index (κ3) is 4.18. The first-order chi connectivity index (χ1) is 9.70.